The largest absolute Gasteiger partial charge is 0.351 e. The Kier molecular flexibility index (Phi) is 13.4. The van der Waals surface area contributed by atoms with E-state index in [1.54, 1.807) is 0 Å². The third kappa shape index (κ3) is 10.8. The van der Waals surface area contributed by atoms with Gasteiger partial charge in [0.2, 0.25) is 0 Å². The first-order valence-corrected chi connectivity index (χ1v) is 16.6. The molecule has 2 aromatic heterocycles. The number of aromatic amines is 1. The number of rotatable bonds is 3. The van der Waals surface area contributed by atoms with E-state index in [0.29, 0.717) is 11.7 Å². The highest BCUT2D eigenvalue weighted by Crippen LogP contribution is 2.29. The average Bonchev–Trinajstić information content (AvgIpc) is 3.29. The summed E-state index contributed by atoms with van der Waals surface area (Å²) in [5.74, 6) is 1.26. The Morgan fingerprint density at radius 2 is 1.00 bits per heavy atom. The number of fused-ring (bicyclic) bond motifs is 1. The van der Waals surface area contributed by atoms with E-state index in [1.165, 1.54) is 172 Å². The molecule has 0 unspecified atom stereocenters. The zero-order valence-electron chi connectivity index (χ0n) is 24.0. The van der Waals surface area contributed by atoms with E-state index < -0.39 is 0 Å². The Hall–Kier alpha value is -1.32. The van der Waals surface area contributed by atoms with Gasteiger partial charge in [-0.2, -0.15) is 0 Å². The zero-order valence-corrected chi connectivity index (χ0v) is 24.0. The van der Waals surface area contributed by atoms with Gasteiger partial charge < -0.3 is 4.98 Å². The highest BCUT2D eigenvalue weighted by Gasteiger charge is 2.18. The summed E-state index contributed by atoms with van der Waals surface area (Å²) in [5.41, 5.74) is 4.52. The monoisotopic (exact) mass is 504 g/mol. The molecule has 0 saturated heterocycles. The molecule has 0 aliphatic heterocycles. The topological polar surface area (TPSA) is 41.6 Å². The van der Waals surface area contributed by atoms with Crippen LogP contribution in [0.5, 0.6) is 0 Å². The lowest BCUT2D eigenvalue weighted by Gasteiger charge is -2.17. The standard InChI is InChI=1S/C33H55BN3/c1-2-4-9-13-17-21-25-29(24-20-16-12-8-3-1)34-32-26-30-33(37-32)36-31(27-35-30)28-22-18-14-10-6-5-7-11-15-19-23-28/h26-29H,1-25H2,(H,36,37). The van der Waals surface area contributed by atoms with Gasteiger partial charge in [-0.1, -0.05) is 153 Å². The number of nitrogens with one attached hydrogen (secondary N) is 1. The summed E-state index contributed by atoms with van der Waals surface area (Å²) >= 11 is 0. The third-order valence-corrected chi connectivity index (χ3v) is 9.21. The normalized spacial score (nSPS) is 22.4. The Bertz CT molecular complexity index is 834. The fourth-order valence-corrected chi connectivity index (χ4v) is 6.82. The summed E-state index contributed by atoms with van der Waals surface area (Å²) in [4.78, 5) is 13.7. The lowest BCUT2D eigenvalue weighted by atomic mass is 9.58. The van der Waals surface area contributed by atoms with Crippen molar-refractivity contribution in [3.8, 4) is 0 Å². The second-order valence-electron chi connectivity index (χ2n) is 12.5. The Morgan fingerprint density at radius 1 is 0.568 bits per heavy atom. The van der Waals surface area contributed by atoms with Crippen molar-refractivity contribution in [3.05, 3.63) is 18.0 Å². The highest BCUT2D eigenvalue weighted by molar-refractivity contribution is 6.54. The number of nitrogens with zero attached hydrogens (tertiary/aromatic N) is 2. The molecule has 2 aliphatic carbocycles. The van der Waals surface area contributed by atoms with Gasteiger partial charge in [0, 0.05) is 12.1 Å². The molecule has 4 heteroatoms. The second kappa shape index (κ2) is 17.3. The summed E-state index contributed by atoms with van der Waals surface area (Å²) in [7, 11) is 2.52. The van der Waals surface area contributed by atoms with E-state index in [4.69, 9.17) is 9.97 Å². The summed E-state index contributed by atoms with van der Waals surface area (Å²) in [6, 6.07) is 2.25. The molecule has 0 spiro atoms. The van der Waals surface area contributed by atoms with Crippen molar-refractivity contribution < 1.29 is 0 Å². The van der Waals surface area contributed by atoms with Crippen molar-refractivity contribution in [2.24, 2.45) is 0 Å². The Morgan fingerprint density at radius 3 is 1.49 bits per heavy atom. The van der Waals surface area contributed by atoms with Crippen molar-refractivity contribution in [1.29, 1.82) is 0 Å². The maximum atomic E-state index is 5.15. The number of aromatic nitrogens is 3. The van der Waals surface area contributed by atoms with Gasteiger partial charge in [-0.25, -0.2) is 4.98 Å². The van der Waals surface area contributed by atoms with E-state index >= 15 is 0 Å². The summed E-state index contributed by atoms with van der Waals surface area (Å²) in [5, 5.41) is 0. The van der Waals surface area contributed by atoms with Crippen LogP contribution in [-0.2, 0) is 0 Å². The predicted molar refractivity (Wildman–Crippen MR) is 161 cm³/mol. The lowest BCUT2D eigenvalue weighted by Crippen LogP contribution is -2.21. The molecule has 0 bridgehead atoms. The van der Waals surface area contributed by atoms with Gasteiger partial charge in [0.05, 0.1) is 5.69 Å². The molecule has 3 nitrogen and oxygen atoms in total. The van der Waals surface area contributed by atoms with Crippen molar-refractivity contribution in [2.75, 3.05) is 0 Å². The number of hydrogen-bond donors (Lipinski definition) is 1. The Labute approximate surface area is 229 Å². The van der Waals surface area contributed by atoms with Crippen molar-refractivity contribution in [1.82, 2.24) is 15.0 Å². The fraction of sp³-hybridized carbons (Fsp3) is 0.818. The maximum Gasteiger partial charge on any atom is 0.178 e. The zero-order chi connectivity index (χ0) is 25.4. The van der Waals surface area contributed by atoms with Crippen LogP contribution in [0.4, 0.5) is 0 Å². The summed E-state index contributed by atoms with van der Waals surface area (Å²) < 4.78 is 0. The SMILES string of the molecule is [B](c1cc2ncc(C3CCCCCCCCCCC3)nc2[nH]1)C1CCCCCCCCCCCCCC1. The molecule has 1 radical (unpaired) electrons. The second-order valence-corrected chi connectivity index (χ2v) is 12.5. The molecule has 4 rings (SSSR count). The molecule has 205 valence electrons. The molecule has 2 heterocycles. The molecule has 0 atom stereocenters. The first-order chi connectivity index (χ1) is 18.4. The smallest absolute Gasteiger partial charge is 0.178 e. The van der Waals surface area contributed by atoms with E-state index in [0.717, 1.165) is 11.2 Å². The minimum atomic E-state index is 0.579. The van der Waals surface area contributed by atoms with Gasteiger partial charge in [-0.3, -0.25) is 4.98 Å². The molecule has 0 amide bonds. The lowest BCUT2D eigenvalue weighted by molar-refractivity contribution is 0.462. The molecule has 2 fully saturated rings. The van der Waals surface area contributed by atoms with Gasteiger partial charge >= 0.3 is 0 Å². The number of H-pyrrole nitrogens is 1. The van der Waals surface area contributed by atoms with Gasteiger partial charge in [0.15, 0.2) is 12.9 Å². The molecule has 2 saturated carbocycles. The highest BCUT2D eigenvalue weighted by atomic mass is 14.9. The van der Waals surface area contributed by atoms with Crippen molar-refractivity contribution >= 4 is 24.0 Å². The average molecular weight is 505 g/mol. The third-order valence-electron chi connectivity index (χ3n) is 9.21. The van der Waals surface area contributed by atoms with Crippen molar-refractivity contribution in [3.63, 3.8) is 0 Å². The van der Waals surface area contributed by atoms with Crippen LogP contribution in [-0.4, -0.2) is 22.2 Å². The minimum Gasteiger partial charge on any atom is -0.351 e. The van der Waals surface area contributed by atoms with Crippen LogP contribution < -0.4 is 5.59 Å². The van der Waals surface area contributed by atoms with Crippen LogP contribution in [0.25, 0.3) is 11.2 Å². The first-order valence-electron chi connectivity index (χ1n) is 16.6. The first kappa shape index (κ1) is 28.7. The van der Waals surface area contributed by atoms with E-state index in [9.17, 15) is 0 Å². The van der Waals surface area contributed by atoms with E-state index in [1.807, 2.05) is 0 Å². The quantitative estimate of drug-likeness (QED) is 0.423. The molecular weight excluding hydrogens is 449 g/mol. The van der Waals surface area contributed by atoms with Gasteiger partial charge in [0.1, 0.15) is 5.52 Å². The van der Waals surface area contributed by atoms with E-state index in [-0.39, 0.29) is 0 Å². The molecule has 2 aromatic rings. The van der Waals surface area contributed by atoms with Crippen LogP contribution in [0.3, 0.4) is 0 Å². The maximum absolute atomic E-state index is 5.15. The molecule has 2 aliphatic rings. The van der Waals surface area contributed by atoms with Crippen molar-refractivity contribution in [2.45, 2.75) is 172 Å². The Balaban J connectivity index is 1.36. The molecule has 37 heavy (non-hydrogen) atoms. The van der Waals surface area contributed by atoms with Crippen LogP contribution >= 0.6 is 0 Å². The number of hydrogen-bond acceptors (Lipinski definition) is 2. The minimum absolute atomic E-state index is 0.579. The summed E-state index contributed by atoms with van der Waals surface area (Å²) in [6.07, 6.45) is 37.0. The van der Waals surface area contributed by atoms with Gasteiger partial charge in [-0.15, -0.1) is 0 Å². The van der Waals surface area contributed by atoms with Crippen LogP contribution in [0.1, 0.15) is 172 Å². The van der Waals surface area contributed by atoms with Crippen LogP contribution in [0.2, 0.25) is 5.82 Å². The molecule has 0 aromatic carbocycles. The van der Waals surface area contributed by atoms with Gasteiger partial charge in [0.25, 0.3) is 0 Å². The fourth-order valence-electron chi connectivity index (χ4n) is 6.82. The van der Waals surface area contributed by atoms with Gasteiger partial charge in [-0.05, 0) is 24.5 Å². The van der Waals surface area contributed by atoms with E-state index in [2.05, 4.69) is 24.5 Å². The molecule has 1 N–H and O–H groups in total. The predicted octanol–water partition coefficient (Wildman–Crippen LogP) is 9.94. The summed E-state index contributed by atoms with van der Waals surface area (Å²) in [6.45, 7) is 0. The van der Waals surface area contributed by atoms with Crippen LogP contribution in [0.15, 0.2) is 12.3 Å². The molecular formula is C33H55BN3. The van der Waals surface area contributed by atoms with Crippen LogP contribution in [0, 0.1) is 0 Å².